The smallest absolute Gasteiger partial charge is 0.315 e. The third-order valence-corrected chi connectivity index (χ3v) is 2.14. The third kappa shape index (κ3) is 0.753. The van der Waals surface area contributed by atoms with Crippen LogP contribution in [0.4, 0.5) is 4.79 Å². The normalized spacial score (nSPS) is 35.1. The van der Waals surface area contributed by atoms with Gasteiger partial charge in [-0.1, -0.05) is 6.58 Å². The molecule has 4 heteroatoms. The average molecular weight is 152 g/mol. The fraction of sp³-hybridized carbons (Fsp3) is 0.429. The Balaban J connectivity index is 2.26. The van der Waals surface area contributed by atoms with Gasteiger partial charge in [0, 0.05) is 12.0 Å². The number of rotatable bonds is 0. The van der Waals surface area contributed by atoms with Crippen molar-refractivity contribution in [1.82, 2.24) is 10.6 Å². The van der Waals surface area contributed by atoms with Crippen LogP contribution in [-0.2, 0) is 4.79 Å². The average Bonchev–Trinajstić information content (AvgIpc) is 2.37. The first kappa shape index (κ1) is 6.39. The van der Waals surface area contributed by atoms with E-state index in [0.717, 1.165) is 0 Å². The lowest BCUT2D eigenvalue weighted by Crippen LogP contribution is -2.28. The van der Waals surface area contributed by atoms with Gasteiger partial charge in [-0.2, -0.15) is 0 Å². The zero-order chi connectivity index (χ0) is 8.01. The summed E-state index contributed by atoms with van der Waals surface area (Å²) < 4.78 is 0. The molecule has 2 unspecified atom stereocenters. The minimum atomic E-state index is -0.200. The number of Topliss-reactive ketones (excluding diaryl/α,β-unsaturated/α-hetero) is 1. The van der Waals surface area contributed by atoms with Gasteiger partial charge in [0.05, 0.1) is 12.1 Å². The van der Waals surface area contributed by atoms with Crippen molar-refractivity contribution < 1.29 is 9.59 Å². The van der Waals surface area contributed by atoms with E-state index >= 15 is 0 Å². The van der Waals surface area contributed by atoms with Gasteiger partial charge in [0.25, 0.3) is 0 Å². The fourth-order valence-electron chi connectivity index (χ4n) is 1.54. The molecule has 1 heterocycles. The van der Waals surface area contributed by atoms with Crippen molar-refractivity contribution in [2.45, 2.75) is 18.5 Å². The Hall–Kier alpha value is -1.32. The second-order valence-corrected chi connectivity index (χ2v) is 2.85. The standard InChI is InChI=1S/C7H8N2O2/c1-3-5(10)2-4-6(3)9-7(11)8-4/h4,6H,1-2H2,(H2,8,9,11). The summed E-state index contributed by atoms with van der Waals surface area (Å²) in [5, 5.41) is 5.27. The van der Waals surface area contributed by atoms with Gasteiger partial charge in [-0.15, -0.1) is 0 Å². The predicted molar refractivity (Wildman–Crippen MR) is 38.0 cm³/mol. The second-order valence-electron chi connectivity index (χ2n) is 2.85. The Morgan fingerprint density at radius 2 is 2.09 bits per heavy atom. The highest BCUT2D eigenvalue weighted by Gasteiger charge is 2.42. The van der Waals surface area contributed by atoms with Gasteiger partial charge in [0.15, 0.2) is 5.78 Å². The zero-order valence-electron chi connectivity index (χ0n) is 5.89. The molecule has 2 aliphatic rings. The Morgan fingerprint density at radius 1 is 1.36 bits per heavy atom. The summed E-state index contributed by atoms with van der Waals surface area (Å²) in [4.78, 5) is 21.7. The molecule has 4 nitrogen and oxygen atoms in total. The number of ketones is 1. The fourth-order valence-corrected chi connectivity index (χ4v) is 1.54. The topological polar surface area (TPSA) is 58.2 Å². The van der Waals surface area contributed by atoms with Crippen molar-refractivity contribution in [1.29, 1.82) is 0 Å². The summed E-state index contributed by atoms with van der Waals surface area (Å²) in [6, 6.07) is -0.411. The molecule has 1 aliphatic heterocycles. The van der Waals surface area contributed by atoms with Gasteiger partial charge in [-0.05, 0) is 0 Å². The molecule has 11 heavy (non-hydrogen) atoms. The maximum atomic E-state index is 11.0. The van der Waals surface area contributed by atoms with Crippen LogP contribution in [0.5, 0.6) is 0 Å². The monoisotopic (exact) mass is 152 g/mol. The van der Waals surface area contributed by atoms with Gasteiger partial charge in [0.1, 0.15) is 0 Å². The van der Waals surface area contributed by atoms with Crippen molar-refractivity contribution in [3.8, 4) is 0 Å². The maximum Gasteiger partial charge on any atom is 0.315 e. The van der Waals surface area contributed by atoms with Crippen LogP contribution in [-0.4, -0.2) is 23.9 Å². The first-order valence-electron chi connectivity index (χ1n) is 3.47. The molecule has 0 aromatic rings. The quantitative estimate of drug-likeness (QED) is 0.462. The summed E-state index contributed by atoms with van der Waals surface area (Å²) in [7, 11) is 0. The van der Waals surface area contributed by atoms with E-state index in [0.29, 0.717) is 12.0 Å². The number of hydrogen-bond donors (Lipinski definition) is 2. The van der Waals surface area contributed by atoms with E-state index in [4.69, 9.17) is 0 Å². The van der Waals surface area contributed by atoms with E-state index in [-0.39, 0.29) is 23.9 Å². The summed E-state index contributed by atoms with van der Waals surface area (Å²) in [5.41, 5.74) is 0.522. The molecular weight excluding hydrogens is 144 g/mol. The van der Waals surface area contributed by atoms with Crippen LogP contribution in [0, 0.1) is 0 Å². The number of carbonyl (C=O) groups excluding carboxylic acids is 2. The number of hydrogen-bond acceptors (Lipinski definition) is 2. The van der Waals surface area contributed by atoms with E-state index in [1.54, 1.807) is 0 Å². The molecule has 0 radical (unpaired) electrons. The molecule has 1 aliphatic carbocycles. The Morgan fingerprint density at radius 3 is 2.73 bits per heavy atom. The van der Waals surface area contributed by atoms with Gasteiger partial charge in [-0.25, -0.2) is 4.79 Å². The van der Waals surface area contributed by atoms with E-state index in [9.17, 15) is 9.59 Å². The first-order chi connectivity index (χ1) is 5.18. The molecule has 1 saturated carbocycles. The lowest BCUT2D eigenvalue weighted by atomic mass is 10.1. The lowest BCUT2D eigenvalue weighted by Gasteiger charge is -2.04. The minimum absolute atomic E-state index is 0.0486. The molecule has 0 spiro atoms. The Bertz CT molecular complexity index is 259. The van der Waals surface area contributed by atoms with Crippen LogP contribution < -0.4 is 10.6 Å². The molecule has 2 atom stereocenters. The molecule has 2 amide bonds. The van der Waals surface area contributed by atoms with Crippen LogP contribution in [0.2, 0.25) is 0 Å². The van der Waals surface area contributed by atoms with E-state index in [1.807, 2.05) is 0 Å². The Labute approximate surface area is 63.7 Å². The summed E-state index contributed by atoms with van der Waals surface area (Å²) in [5.74, 6) is 0.0486. The molecule has 0 bridgehead atoms. The van der Waals surface area contributed by atoms with E-state index in [1.165, 1.54) is 0 Å². The van der Waals surface area contributed by atoms with Crippen LogP contribution in [0.3, 0.4) is 0 Å². The van der Waals surface area contributed by atoms with Gasteiger partial charge < -0.3 is 10.6 Å². The van der Waals surface area contributed by atoms with Gasteiger partial charge in [-0.3, -0.25) is 4.79 Å². The molecule has 2 rings (SSSR count). The number of carbonyl (C=O) groups is 2. The highest BCUT2D eigenvalue weighted by Crippen LogP contribution is 2.23. The summed E-state index contributed by atoms with van der Waals surface area (Å²) >= 11 is 0. The number of amides is 2. The predicted octanol–water partition coefficient (Wildman–Crippen LogP) is -0.435. The number of nitrogens with one attached hydrogen (secondary N) is 2. The molecule has 58 valence electrons. The van der Waals surface area contributed by atoms with Crippen molar-refractivity contribution in [3.63, 3.8) is 0 Å². The van der Waals surface area contributed by atoms with Crippen LogP contribution in [0.15, 0.2) is 12.2 Å². The van der Waals surface area contributed by atoms with Gasteiger partial charge in [0.2, 0.25) is 0 Å². The molecule has 2 N–H and O–H groups in total. The number of urea groups is 1. The van der Waals surface area contributed by atoms with Crippen LogP contribution in [0.25, 0.3) is 0 Å². The maximum absolute atomic E-state index is 11.0. The zero-order valence-corrected chi connectivity index (χ0v) is 5.89. The van der Waals surface area contributed by atoms with Gasteiger partial charge >= 0.3 is 6.03 Å². The van der Waals surface area contributed by atoms with E-state index < -0.39 is 0 Å². The highest BCUT2D eigenvalue weighted by atomic mass is 16.2. The minimum Gasteiger partial charge on any atom is -0.333 e. The summed E-state index contributed by atoms with van der Waals surface area (Å²) in [6.45, 7) is 3.61. The molecule has 0 aromatic carbocycles. The second kappa shape index (κ2) is 1.84. The van der Waals surface area contributed by atoms with Crippen molar-refractivity contribution in [2.24, 2.45) is 0 Å². The Kier molecular flexibility index (Phi) is 1.07. The molecule has 1 saturated heterocycles. The van der Waals surface area contributed by atoms with Crippen molar-refractivity contribution >= 4 is 11.8 Å². The molecule has 0 aromatic heterocycles. The first-order valence-corrected chi connectivity index (χ1v) is 3.47. The molecular formula is C7H8N2O2. The number of fused-ring (bicyclic) bond motifs is 1. The SMILES string of the molecule is C=C1C(=O)CC2NC(=O)NC12. The van der Waals surface area contributed by atoms with Crippen LogP contribution >= 0.6 is 0 Å². The largest absolute Gasteiger partial charge is 0.333 e. The summed E-state index contributed by atoms with van der Waals surface area (Å²) in [6.07, 6.45) is 0.391. The van der Waals surface area contributed by atoms with Crippen molar-refractivity contribution in [3.05, 3.63) is 12.2 Å². The van der Waals surface area contributed by atoms with E-state index in [2.05, 4.69) is 17.2 Å². The van der Waals surface area contributed by atoms with Crippen molar-refractivity contribution in [2.75, 3.05) is 0 Å². The van der Waals surface area contributed by atoms with Crippen LogP contribution in [0.1, 0.15) is 6.42 Å². The lowest BCUT2D eigenvalue weighted by molar-refractivity contribution is -0.114. The third-order valence-electron chi connectivity index (χ3n) is 2.14. The highest BCUT2D eigenvalue weighted by molar-refractivity contribution is 6.02. The molecule has 2 fully saturated rings.